The molecule has 0 saturated heterocycles. The number of phenolic OH excluding ortho intramolecular Hbond substituents is 1. The number of carbonyl (C=O) groups is 2. The van der Waals surface area contributed by atoms with Crippen LogP contribution >= 0.6 is 0 Å². The Labute approximate surface area is 216 Å². The van der Waals surface area contributed by atoms with E-state index in [0.717, 1.165) is 11.3 Å². The Kier molecular flexibility index (Phi) is 7.76. The zero-order valence-corrected chi connectivity index (χ0v) is 21.8. The second kappa shape index (κ2) is 11.0. The maximum Gasteiger partial charge on any atom is 0.336 e. The number of methoxy groups -OCH3 is 3. The first kappa shape index (κ1) is 26.1. The molecule has 2 atom stereocenters. The van der Waals surface area contributed by atoms with Gasteiger partial charge in [0.15, 0.2) is 28.8 Å². The third-order valence-electron chi connectivity index (χ3n) is 6.90. The summed E-state index contributed by atoms with van der Waals surface area (Å²) in [5.41, 5.74) is 3.98. The van der Waals surface area contributed by atoms with Crippen molar-refractivity contribution in [1.82, 2.24) is 5.32 Å². The third kappa shape index (κ3) is 5.01. The lowest BCUT2D eigenvalue weighted by atomic mass is 9.71. The first-order chi connectivity index (χ1) is 17.8. The van der Waals surface area contributed by atoms with Crippen molar-refractivity contribution in [2.45, 2.75) is 44.9 Å². The number of ketones is 1. The first-order valence-electron chi connectivity index (χ1n) is 12.3. The van der Waals surface area contributed by atoms with Gasteiger partial charge < -0.3 is 29.4 Å². The smallest absolute Gasteiger partial charge is 0.336 e. The van der Waals surface area contributed by atoms with E-state index in [2.05, 4.69) is 5.32 Å². The van der Waals surface area contributed by atoms with Crippen LogP contribution in [-0.2, 0) is 14.3 Å². The van der Waals surface area contributed by atoms with E-state index >= 15 is 0 Å². The highest BCUT2D eigenvalue weighted by atomic mass is 16.5. The Morgan fingerprint density at radius 1 is 0.973 bits per heavy atom. The summed E-state index contributed by atoms with van der Waals surface area (Å²) in [6, 6.07) is 10.6. The molecule has 1 aliphatic carbocycles. The van der Waals surface area contributed by atoms with Crippen LogP contribution < -0.4 is 19.5 Å². The molecule has 2 aromatic rings. The van der Waals surface area contributed by atoms with Gasteiger partial charge in [0.2, 0.25) is 0 Å². The van der Waals surface area contributed by atoms with Gasteiger partial charge in [0.1, 0.15) is 0 Å². The number of hydrogen-bond donors (Lipinski definition) is 2. The number of phenols is 1. The molecule has 0 spiro atoms. The summed E-state index contributed by atoms with van der Waals surface area (Å²) in [6.45, 7) is 4.03. The van der Waals surface area contributed by atoms with Crippen molar-refractivity contribution in [1.29, 1.82) is 0 Å². The first-order valence-corrected chi connectivity index (χ1v) is 12.3. The van der Waals surface area contributed by atoms with Crippen LogP contribution in [-0.4, -0.2) is 44.8 Å². The molecule has 8 heteroatoms. The Morgan fingerprint density at radius 3 is 2.32 bits per heavy atom. The lowest BCUT2D eigenvalue weighted by Crippen LogP contribution is -2.36. The van der Waals surface area contributed by atoms with Crippen molar-refractivity contribution in [2.75, 3.05) is 27.9 Å². The molecule has 0 bridgehead atoms. The number of carbonyl (C=O) groups excluding carboxylic acids is 2. The van der Waals surface area contributed by atoms with Crippen LogP contribution in [0.5, 0.6) is 23.0 Å². The van der Waals surface area contributed by atoms with Crippen LogP contribution in [0.25, 0.3) is 0 Å². The number of allylic oxidation sites excluding steroid dienone is 3. The number of esters is 1. The Hall–Kier alpha value is -3.94. The molecule has 0 aromatic heterocycles. The summed E-state index contributed by atoms with van der Waals surface area (Å²) < 4.78 is 21.7. The minimum Gasteiger partial charge on any atom is -0.504 e. The Morgan fingerprint density at radius 2 is 1.65 bits per heavy atom. The number of ether oxygens (including phenoxy) is 4. The van der Waals surface area contributed by atoms with Crippen molar-refractivity contribution in [3.8, 4) is 23.0 Å². The fraction of sp³-hybridized carbons (Fsp3) is 0.379. The molecule has 0 unspecified atom stereocenters. The minimum absolute atomic E-state index is 0.0197. The minimum atomic E-state index is -0.644. The highest BCUT2D eigenvalue weighted by molar-refractivity contribution is 6.04. The second-order valence-corrected chi connectivity index (χ2v) is 9.20. The van der Waals surface area contributed by atoms with Gasteiger partial charge in [-0.05, 0) is 61.1 Å². The standard InChI is InChI=1S/C29H33NO7/c1-6-11-37-29(33)26-16(2)30-20-12-19(17-8-10-23(34-3)25(14-17)36-5)13-22(32)28(20)27(26)18-7-9-21(31)24(15-18)35-4/h7-10,14-15,19,27,30-31H,6,11-13H2,1-5H3/t19-,27-/m0/s1. The zero-order valence-electron chi connectivity index (χ0n) is 21.8. The van der Waals surface area contributed by atoms with E-state index in [9.17, 15) is 14.7 Å². The van der Waals surface area contributed by atoms with Gasteiger partial charge in [0.25, 0.3) is 0 Å². The maximum absolute atomic E-state index is 13.8. The molecular formula is C29H33NO7. The van der Waals surface area contributed by atoms with Gasteiger partial charge in [0.05, 0.1) is 33.5 Å². The molecule has 8 nitrogen and oxygen atoms in total. The molecule has 196 valence electrons. The van der Waals surface area contributed by atoms with Crippen LogP contribution in [0.3, 0.4) is 0 Å². The number of hydrogen-bond acceptors (Lipinski definition) is 8. The van der Waals surface area contributed by atoms with Gasteiger partial charge in [-0.3, -0.25) is 4.79 Å². The lowest BCUT2D eigenvalue weighted by molar-refractivity contribution is -0.139. The van der Waals surface area contributed by atoms with Gasteiger partial charge >= 0.3 is 5.97 Å². The summed E-state index contributed by atoms with van der Waals surface area (Å²) in [7, 11) is 4.63. The van der Waals surface area contributed by atoms with Crippen LogP contribution in [0.15, 0.2) is 58.9 Å². The highest BCUT2D eigenvalue weighted by Crippen LogP contribution is 2.47. The van der Waals surface area contributed by atoms with Crippen molar-refractivity contribution in [3.63, 3.8) is 0 Å². The predicted molar refractivity (Wildman–Crippen MR) is 138 cm³/mol. The van der Waals surface area contributed by atoms with E-state index in [0.29, 0.717) is 46.7 Å². The lowest BCUT2D eigenvalue weighted by Gasteiger charge is -2.37. The third-order valence-corrected chi connectivity index (χ3v) is 6.90. The highest BCUT2D eigenvalue weighted by Gasteiger charge is 2.41. The monoisotopic (exact) mass is 507 g/mol. The average Bonchev–Trinajstić information content (AvgIpc) is 2.90. The SMILES string of the molecule is CCCOC(=O)C1=C(C)NC2=C(C(=O)C[C@@H](c3ccc(OC)c(OC)c3)C2)[C@H]1c1ccc(O)c(OC)c1. The van der Waals surface area contributed by atoms with Crippen LogP contribution in [0.1, 0.15) is 56.1 Å². The van der Waals surface area contributed by atoms with Gasteiger partial charge in [-0.25, -0.2) is 4.79 Å². The van der Waals surface area contributed by atoms with E-state index in [4.69, 9.17) is 18.9 Å². The quantitative estimate of drug-likeness (QED) is 0.494. The van der Waals surface area contributed by atoms with E-state index in [1.54, 1.807) is 26.4 Å². The summed E-state index contributed by atoms with van der Waals surface area (Å²) >= 11 is 0. The number of rotatable bonds is 8. The van der Waals surface area contributed by atoms with E-state index in [-0.39, 0.29) is 36.2 Å². The molecule has 37 heavy (non-hydrogen) atoms. The van der Waals surface area contributed by atoms with E-state index in [1.165, 1.54) is 13.2 Å². The predicted octanol–water partition coefficient (Wildman–Crippen LogP) is 4.73. The molecule has 0 fully saturated rings. The number of Topliss-reactive ketones (excluding diaryl/α,β-unsaturated/α-hetero) is 1. The van der Waals surface area contributed by atoms with Gasteiger partial charge in [0, 0.05) is 29.3 Å². The largest absolute Gasteiger partial charge is 0.504 e. The molecule has 2 aliphatic rings. The average molecular weight is 508 g/mol. The second-order valence-electron chi connectivity index (χ2n) is 9.20. The van der Waals surface area contributed by atoms with Crippen molar-refractivity contribution >= 4 is 11.8 Å². The van der Waals surface area contributed by atoms with E-state index in [1.807, 2.05) is 32.0 Å². The summed E-state index contributed by atoms with van der Waals surface area (Å²) in [5, 5.41) is 13.5. The molecular weight excluding hydrogens is 474 g/mol. The van der Waals surface area contributed by atoms with Crippen LogP contribution in [0, 0.1) is 0 Å². The summed E-state index contributed by atoms with van der Waals surface area (Å²) in [6.07, 6.45) is 1.54. The molecule has 4 rings (SSSR count). The van der Waals surface area contributed by atoms with Crippen molar-refractivity contribution in [2.24, 2.45) is 0 Å². The van der Waals surface area contributed by atoms with E-state index < -0.39 is 11.9 Å². The molecule has 1 aliphatic heterocycles. The van der Waals surface area contributed by atoms with Crippen LogP contribution in [0.2, 0.25) is 0 Å². The van der Waals surface area contributed by atoms with Crippen molar-refractivity contribution < 1.29 is 33.6 Å². The molecule has 2 aromatic carbocycles. The topological polar surface area (TPSA) is 103 Å². The van der Waals surface area contributed by atoms with Gasteiger partial charge in [-0.1, -0.05) is 19.1 Å². The van der Waals surface area contributed by atoms with Gasteiger partial charge in [-0.2, -0.15) is 0 Å². The number of dihydropyridines is 1. The molecule has 0 radical (unpaired) electrons. The fourth-order valence-electron chi connectivity index (χ4n) is 5.13. The Bertz CT molecular complexity index is 1280. The van der Waals surface area contributed by atoms with Crippen molar-refractivity contribution in [3.05, 3.63) is 70.1 Å². The van der Waals surface area contributed by atoms with Crippen LogP contribution in [0.4, 0.5) is 0 Å². The summed E-state index contributed by atoms with van der Waals surface area (Å²) in [4.78, 5) is 27.0. The molecule has 0 amide bonds. The maximum atomic E-state index is 13.8. The molecule has 1 heterocycles. The normalized spacial score (nSPS) is 19.2. The number of aromatic hydroxyl groups is 1. The molecule has 2 N–H and O–H groups in total. The fourth-order valence-corrected chi connectivity index (χ4v) is 5.13. The Balaban J connectivity index is 1.79. The van der Waals surface area contributed by atoms with Gasteiger partial charge in [-0.15, -0.1) is 0 Å². The number of nitrogens with one attached hydrogen (secondary N) is 1. The summed E-state index contributed by atoms with van der Waals surface area (Å²) in [5.74, 6) is 0.236. The number of benzene rings is 2. The molecule has 0 saturated carbocycles. The zero-order chi connectivity index (χ0) is 26.7.